The third-order valence-corrected chi connectivity index (χ3v) is 4.09. The van der Waals surface area contributed by atoms with Gasteiger partial charge in [-0.25, -0.2) is 4.79 Å². The Morgan fingerprint density at radius 3 is 2.76 bits per heavy atom. The number of carbonyl (C=O) groups is 1. The van der Waals surface area contributed by atoms with E-state index < -0.39 is 5.60 Å². The number of carbonyl (C=O) groups excluding carboxylic acids is 1. The van der Waals surface area contributed by atoms with Crippen LogP contribution in [0, 0.1) is 11.3 Å². The van der Waals surface area contributed by atoms with Crippen LogP contribution in [0.4, 0.5) is 0 Å². The molecule has 0 aromatic heterocycles. The van der Waals surface area contributed by atoms with Crippen LogP contribution >= 0.6 is 0 Å². The molecule has 0 heterocycles. The van der Waals surface area contributed by atoms with E-state index in [9.17, 15) is 4.79 Å². The van der Waals surface area contributed by atoms with Gasteiger partial charge in [-0.2, -0.15) is 0 Å². The van der Waals surface area contributed by atoms with Gasteiger partial charge in [0.25, 0.3) is 0 Å². The highest BCUT2D eigenvalue weighted by Crippen LogP contribution is 2.57. The topological polar surface area (TPSA) is 35.5 Å². The predicted octanol–water partition coefficient (Wildman–Crippen LogP) is 2.48. The smallest absolute Gasteiger partial charge is 0.333 e. The molecule has 3 heteroatoms. The van der Waals surface area contributed by atoms with Crippen LogP contribution in [0.2, 0.25) is 0 Å². The van der Waals surface area contributed by atoms with E-state index >= 15 is 0 Å². The molecule has 94 valence electrons. The molecule has 0 radical (unpaired) electrons. The second kappa shape index (κ2) is 3.98. The van der Waals surface area contributed by atoms with Crippen molar-refractivity contribution in [2.75, 3.05) is 13.7 Å². The number of hydrogen-bond donors (Lipinski definition) is 0. The van der Waals surface area contributed by atoms with E-state index in [1.165, 1.54) is 0 Å². The van der Waals surface area contributed by atoms with Gasteiger partial charge in [0, 0.05) is 12.7 Å². The number of ether oxygens (including phenoxy) is 2. The molecule has 0 amide bonds. The fourth-order valence-corrected chi connectivity index (χ4v) is 3.11. The predicted molar refractivity (Wildman–Crippen MR) is 65.5 cm³/mol. The molecule has 1 fully saturated rings. The summed E-state index contributed by atoms with van der Waals surface area (Å²) in [6, 6.07) is 0. The van der Waals surface area contributed by atoms with Crippen LogP contribution in [0.25, 0.3) is 0 Å². The molecule has 3 atom stereocenters. The normalized spacial score (nSPS) is 38.4. The summed E-state index contributed by atoms with van der Waals surface area (Å²) in [4.78, 5) is 11.7. The molecule has 0 spiro atoms. The summed E-state index contributed by atoms with van der Waals surface area (Å²) in [6.45, 7) is 7.92. The maximum atomic E-state index is 11.7. The van der Waals surface area contributed by atoms with Gasteiger partial charge in [-0.05, 0) is 32.6 Å². The minimum absolute atomic E-state index is 0.155. The monoisotopic (exact) mass is 236 g/mol. The Bertz CT molecular complexity index is 385. The van der Waals surface area contributed by atoms with Gasteiger partial charge in [0.2, 0.25) is 0 Å². The van der Waals surface area contributed by atoms with Crippen LogP contribution in [-0.2, 0) is 14.3 Å². The summed E-state index contributed by atoms with van der Waals surface area (Å²) < 4.78 is 11.0. The first-order chi connectivity index (χ1) is 7.92. The molecule has 3 nitrogen and oxygen atoms in total. The number of hydrogen-bond acceptors (Lipinski definition) is 3. The van der Waals surface area contributed by atoms with Gasteiger partial charge in [0.05, 0.1) is 12.0 Å². The third-order valence-electron chi connectivity index (χ3n) is 4.09. The SMILES string of the molecule is C=C(C)C(=O)OC1(C)CC2C=CC1(COC)C2. The first kappa shape index (κ1) is 12.4. The highest BCUT2D eigenvalue weighted by Gasteiger charge is 2.59. The Balaban J connectivity index is 2.22. The van der Waals surface area contributed by atoms with Crippen molar-refractivity contribution in [2.45, 2.75) is 32.3 Å². The highest BCUT2D eigenvalue weighted by atomic mass is 16.6. The molecule has 0 aliphatic heterocycles. The molecule has 2 aliphatic carbocycles. The molecular weight excluding hydrogens is 216 g/mol. The largest absolute Gasteiger partial charge is 0.455 e. The Labute approximate surface area is 102 Å². The lowest BCUT2D eigenvalue weighted by atomic mass is 9.75. The zero-order valence-corrected chi connectivity index (χ0v) is 10.8. The van der Waals surface area contributed by atoms with Crippen molar-refractivity contribution in [3.05, 3.63) is 24.3 Å². The van der Waals surface area contributed by atoms with E-state index in [2.05, 4.69) is 18.7 Å². The van der Waals surface area contributed by atoms with E-state index in [1.807, 2.05) is 6.92 Å². The minimum atomic E-state index is -0.460. The zero-order chi connectivity index (χ0) is 12.7. The van der Waals surface area contributed by atoms with E-state index in [-0.39, 0.29) is 11.4 Å². The van der Waals surface area contributed by atoms with Crippen molar-refractivity contribution >= 4 is 5.97 Å². The van der Waals surface area contributed by atoms with Crippen molar-refractivity contribution in [3.63, 3.8) is 0 Å². The van der Waals surface area contributed by atoms with E-state index in [4.69, 9.17) is 9.47 Å². The fourth-order valence-electron chi connectivity index (χ4n) is 3.11. The Morgan fingerprint density at radius 2 is 2.24 bits per heavy atom. The van der Waals surface area contributed by atoms with Crippen molar-refractivity contribution < 1.29 is 14.3 Å². The molecule has 2 aliphatic rings. The first-order valence-electron chi connectivity index (χ1n) is 6.00. The molecule has 0 aromatic carbocycles. The van der Waals surface area contributed by atoms with E-state index in [0.717, 1.165) is 12.8 Å². The molecule has 0 N–H and O–H groups in total. The Hall–Kier alpha value is -1.09. The lowest BCUT2D eigenvalue weighted by Crippen LogP contribution is -2.47. The number of fused-ring (bicyclic) bond motifs is 2. The summed E-state index contributed by atoms with van der Waals surface area (Å²) in [5.74, 6) is 0.206. The Morgan fingerprint density at radius 1 is 1.53 bits per heavy atom. The zero-order valence-electron chi connectivity index (χ0n) is 10.8. The van der Waals surface area contributed by atoms with Crippen molar-refractivity contribution in [1.82, 2.24) is 0 Å². The minimum Gasteiger partial charge on any atom is -0.455 e. The molecular formula is C14H20O3. The molecule has 3 unspecified atom stereocenters. The van der Waals surface area contributed by atoms with Gasteiger partial charge in [-0.3, -0.25) is 0 Å². The first-order valence-corrected chi connectivity index (χ1v) is 6.00. The standard InChI is InChI=1S/C14H20O3/c1-10(2)12(15)17-13(3)7-11-5-6-14(13,8-11)9-16-4/h5-6,11H,1,7-9H2,2-4H3. The maximum Gasteiger partial charge on any atom is 0.333 e. The fraction of sp³-hybridized carbons (Fsp3) is 0.643. The van der Waals surface area contributed by atoms with Crippen LogP contribution in [0.15, 0.2) is 24.3 Å². The van der Waals surface area contributed by atoms with Crippen LogP contribution in [0.1, 0.15) is 26.7 Å². The third kappa shape index (κ3) is 1.82. The van der Waals surface area contributed by atoms with Gasteiger partial charge in [-0.1, -0.05) is 18.7 Å². The van der Waals surface area contributed by atoms with Gasteiger partial charge in [0.15, 0.2) is 0 Å². The molecule has 17 heavy (non-hydrogen) atoms. The lowest BCUT2D eigenvalue weighted by molar-refractivity contribution is -0.165. The number of rotatable bonds is 4. The quantitative estimate of drug-likeness (QED) is 0.427. The average molecular weight is 236 g/mol. The average Bonchev–Trinajstić information content (AvgIpc) is 2.72. The van der Waals surface area contributed by atoms with E-state index in [1.54, 1.807) is 14.0 Å². The van der Waals surface area contributed by atoms with Crippen LogP contribution < -0.4 is 0 Å². The summed E-state index contributed by atoms with van der Waals surface area (Å²) in [5.41, 5.74) is -0.166. The number of allylic oxidation sites excluding steroid dienone is 1. The van der Waals surface area contributed by atoms with Crippen LogP contribution in [-0.4, -0.2) is 25.3 Å². The van der Waals surface area contributed by atoms with E-state index in [0.29, 0.717) is 18.1 Å². The van der Waals surface area contributed by atoms with Crippen molar-refractivity contribution in [2.24, 2.45) is 11.3 Å². The van der Waals surface area contributed by atoms with Crippen LogP contribution in [0.5, 0.6) is 0 Å². The summed E-state index contributed by atoms with van der Waals surface area (Å²) in [5, 5.41) is 0. The molecule has 0 aromatic rings. The van der Waals surface area contributed by atoms with Crippen molar-refractivity contribution in [1.29, 1.82) is 0 Å². The second-order valence-corrected chi connectivity index (χ2v) is 5.52. The number of methoxy groups -OCH3 is 1. The number of esters is 1. The second-order valence-electron chi connectivity index (χ2n) is 5.52. The van der Waals surface area contributed by atoms with Crippen LogP contribution in [0.3, 0.4) is 0 Å². The molecule has 2 bridgehead atoms. The summed E-state index contributed by atoms with van der Waals surface area (Å²) in [7, 11) is 1.69. The summed E-state index contributed by atoms with van der Waals surface area (Å²) in [6.07, 6.45) is 6.28. The highest BCUT2D eigenvalue weighted by molar-refractivity contribution is 5.87. The van der Waals surface area contributed by atoms with Gasteiger partial charge in [-0.15, -0.1) is 0 Å². The summed E-state index contributed by atoms with van der Waals surface area (Å²) >= 11 is 0. The molecule has 0 saturated heterocycles. The molecule has 1 saturated carbocycles. The van der Waals surface area contributed by atoms with Crippen molar-refractivity contribution in [3.8, 4) is 0 Å². The van der Waals surface area contributed by atoms with Gasteiger partial charge in [0.1, 0.15) is 5.60 Å². The van der Waals surface area contributed by atoms with Gasteiger partial charge < -0.3 is 9.47 Å². The Kier molecular flexibility index (Phi) is 2.90. The lowest BCUT2D eigenvalue weighted by Gasteiger charge is -2.41. The maximum absolute atomic E-state index is 11.7. The van der Waals surface area contributed by atoms with Gasteiger partial charge >= 0.3 is 5.97 Å². The molecule has 2 rings (SSSR count).